The highest BCUT2D eigenvalue weighted by atomic mass is 127. The lowest BCUT2D eigenvalue weighted by Gasteiger charge is -2.18. The van der Waals surface area contributed by atoms with Crippen LogP contribution in [0.15, 0.2) is 18.2 Å². The first-order valence-electron chi connectivity index (χ1n) is 5.40. The fourth-order valence-electron chi connectivity index (χ4n) is 1.92. The summed E-state index contributed by atoms with van der Waals surface area (Å²) in [5.74, 6) is 0.0639. The molecule has 0 bridgehead atoms. The smallest absolute Gasteiger partial charge is 0.228 e. The summed E-state index contributed by atoms with van der Waals surface area (Å²) in [6, 6.07) is 5.46. The third-order valence-electron chi connectivity index (χ3n) is 2.62. The van der Waals surface area contributed by atoms with Crippen LogP contribution in [-0.4, -0.2) is 22.8 Å². The van der Waals surface area contributed by atoms with E-state index in [1.54, 1.807) is 11.0 Å². The largest absolute Gasteiger partial charge is 0.310 e. The van der Waals surface area contributed by atoms with E-state index in [0.29, 0.717) is 18.0 Å². The highest BCUT2D eigenvalue weighted by Crippen LogP contribution is 2.32. The first-order chi connectivity index (χ1) is 8.47. The van der Waals surface area contributed by atoms with Crippen LogP contribution in [-0.2, 0) is 9.59 Å². The third kappa shape index (κ3) is 3.19. The first kappa shape index (κ1) is 14.1. The fraction of sp³-hybridized carbons (Fsp3) is 0.333. The Labute approximate surface area is 128 Å². The lowest BCUT2D eigenvalue weighted by Crippen LogP contribution is -2.25. The Morgan fingerprint density at radius 2 is 2.28 bits per heavy atom. The van der Waals surface area contributed by atoms with Crippen LogP contribution in [0.1, 0.15) is 13.3 Å². The number of rotatable bonds is 2. The van der Waals surface area contributed by atoms with Gasteiger partial charge in [0.05, 0.1) is 5.69 Å². The minimum absolute atomic E-state index is 0.0560. The van der Waals surface area contributed by atoms with Gasteiger partial charge in [-0.1, -0.05) is 23.4 Å². The second-order valence-electron chi connectivity index (χ2n) is 4.04. The minimum atomic E-state index is 0.0560. The van der Waals surface area contributed by atoms with Crippen molar-refractivity contribution in [1.82, 2.24) is 0 Å². The number of carbonyl (C=O) groups is 2. The van der Waals surface area contributed by atoms with Crippen LogP contribution in [0, 0.1) is 3.57 Å². The number of anilines is 1. The maximum Gasteiger partial charge on any atom is 0.228 e. The SMILES string of the molecule is CC(=O)SC1CC(=O)N(c2ccc(Cl)cc2I)C1. The van der Waals surface area contributed by atoms with E-state index >= 15 is 0 Å². The lowest BCUT2D eigenvalue weighted by molar-refractivity contribution is -0.117. The van der Waals surface area contributed by atoms with Crippen molar-refractivity contribution in [2.24, 2.45) is 0 Å². The van der Waals surface area contributed by atoms with Crippen molar-refractivity contribution in [2.45, 2.75) is 18.6 Å². The summed E-state index contributed by atoms with van der Waals surface area (Å²) in [6.07, 6.45) is 0.420. The molecule has 96 valence electrons. The van der Waals surface area contributed by atoms with Gasteiger partial charge in [-0.25, -0.2) is 0 Å². The Balaban J connectivity index is 2.19. The number of thioether (sulfide) groups is 1. The van der Waals surface area contributed by atoms with Crippen molar-refractivity contribution in [2.75, 3.05) is 11.4 Å². The van der Waals surface area contributed by atoms with E-state index in [0.717, 1.165) is 9.26 Å². The average molecular weight is 396 g/mol. The van der Waals surface area contributed by atoms with Gasteiger partial charge < -0.3 is 4.90 Å². The summed E-state index contributed by atoms with van der Waals surface area (Å²) in [4.78, 5) is 24.8. The molecule has 1 heterocycles. The molecule has 6 heteroatoms. The Hall–Kier alpha value is -0.270. The van der Waals surface area contributed by atoms with Gasteiger partial charge >= 0.3 is 0 Å². The standard InChI is InChI=1S/C12H11ClINO2S/c1-7(16)18-9-5-12(17)15(6-9)11-3-2-8(13)4-10(11)14/h2-4,9H,5-6H2,1H3. The monoisotopic (exact) mass is 395 g/mol. The van der Waals surface area contributed by atoms with Crippen LogP contribution in [0.3, 0.4) is 0 Å². The molecule has 0 spiro atoms. The molecule has 1 saturated heterocycles. The minimum Gasteiger partial charge on any atom is -0.310 e. The van der Waals surface area contributed by atoms with E-state index in [9.17, 15) is 9.59 Å². The zero-order valence-electron chi connectivity index (χ0n) is 9.65. The van der Waals surface area contributed by atoms with Crippen LogP contribution in [0.25, 0.3) is 0 Å². The molecule has 1 aliphatic heterocycles. The summed E-state index contributed by atoms with van der Waals surface area (Å²) < 4.78 is 0.946. The van der Waals surface area contributed by atoms with E-state index < -0.39 is 0 Å². The predicted octanol–water partition coefficient (Wildman–Crippen LogP) is 3.33. The van der Waals surface area contributed by atoms with Crippen LogP contribution < -0.4 is 4.90 Å². The van der Waals surface area contributed by atoms with Gasteiger partial charge in [-0.3, -0.25) is 9.59 Å². The maximum absolute atomic E-state index is 12.0. The number of hydrogen-bond donors (Lipinski definition) is 0. The Morgan fingerprint density at radius 1 is 1.56 bits per heavy atom. The van der Waals surface area contributed by atoms with Crippen LogP contribution in [0.4, 0.5) is 5.69 Å². The topological polar surface area (TPSA) is 37.4 Å². The van der Waals surface area contributed by atoms with Crippen LogP contribution >= 0.6 is 46.0 Å². The molecule has 1 unspecified atom stereocenters. The average Bonchev–Trinajstić information content (AvgIpc) is 2.58. The number of hydrogen-bond acceptors (Lipinski definition) is 3. The summed E-state index contributed by atoms with van der Waals surface area (Å²) in [7, 11) is 0. The van der Waals surface area contributed by atoms with Crippen LogP contribution in [0.5, 0.6) is 0 Å². The van der Waals surface area contributed by atoms with Crippen molar-refractivity contribution < 1.29 is 9.59 Å². The molecule has 2 rings (SSSR count). The van der Waals surface area contributed by atoms with Gasteiger partial charge in [-0.15, -0.1) is 0 Å². The molecule has 0 saturated carbocycles. The van der Waals surface area contributed by atoms with E-state index in [1.165, 1.54) is 18.7 Å². The first-order valence-corrected chi connectivity index (χ1v) is 7.73. The molecular formula is C12H11ClINO2S. The van der Waals surface area contributed by atoms with Crippen molar-refractivity contribution in [1.29, 1.82) is 0 Å². The zero-order valence-corrected chi connectivity index (χ0v) is 13.4. The van der Waals surface area contributed by atoms with Crippen molar-refractivity contribution in [3.63, 3.8) is 0 Å². The molecule has 18 heavy (non-hydrogen) atoms. The van der Waals surface area contributed by atoms with E-state index in [1.807, 2.05) is 12.1 Å². The van der Waals surface area contributed by atoms with Gasteiger partial charge in [0, 0.05) is 33.7 Å². The Kier molecular flexibility index (Phi) is 4.55. The molecule has 1 atom stereocenters. The zero-order chi connectivity index (χ0) is 13.3. The van der Waals surface area contributed by atoms with E-state index in [-0.39, 0.29) is 16.3 Å². The quantitative estimate of drug-likeness (QED) is 0.721. The summed E-state index contributed by atoms with van der Waals surface area (Å²) >= 11 is 9.31. The summed E-state index contributed by atoms with van der Waals surface area (Å²) in [6.45, 7) is 2.12. The molecule has 1 amide bonds. The second kappa shape index (κ2) is 5.79. The predicted molar refractivity (Wildman–Crippen MR) is 83.2 cm³/mol. The molecule has 0 aliphatic carbocycles. The van der Waals surface area contributed by atoms with E-state index in [4.69, 9.17) is 11.6 Å². The van der Waals surface area contributed by atoms with Crippen LogP contribution in [0.2, 0.25) is 5.02 Å². The molecule has 1 fully saturated rings. The third-order valence-corrected chi connectivity index (χ3v) is 4.70. The normalized spacial score (nSPS) is 19.4. The van der Waals surface area contributed by atoms with Crippen molar-refractivity contribution in [3.8, 4) is 0 Å². The molecule has 0 aromatic heterocycles. The fourth-order valence-corrected chi connectivity index (χ4v) is 4.00. The van der Waals surface area contributed by atoms with Crippen molar-refractivity contribution >= 4 is 62.7 Å². The van der Waals surface area contributed by atoms with Crippen molar-refractivity contribution in [3.05, 3.63) is 26.8 Å². The number of nitrogens with zero attached hydrogens (tertiary/aromatic N) is 1. The highest BCUT2D eigenvalue weighted by molar-refractivity contribution is 14.1. The Bertz CT molecular complexity index is 509. The number of amides is 1. The Morgan fingerprint density at radius 3 is 2.89 bits per heavy atom. The molecule has 0 N–H and O–H groups in total. The maximum atomic E-state index is 12.0. The lowest BCUT2D eigenvalue weighted by atomic mass is 10.3. The molecule has 3 nitrogen and oxygen atoms in total. The van der Waals surface area contributed by atoms with Gasteiger partial charge in [0.2, 0.25) is 5.91 Å². The summed E-state index contributed by atoms with van der Waals surface area (Å²) in [5, 5.41) is 0.770. The van der Waals surface area contributed by atoms with Gasteiger partial charge in [0.15, 0.2) is 5.12 Å². The molecular weight excluding hydrogens is 385 g/mol. The van der Waals surface area contributed by atoms with Gasteiger partial charge in [-0.05, 0) is 40.8 Å². The summed E-state index contributed by atoms with van der Waals surface area (Å²) in [5.41, 5.74) is 0.872. The highest BCUT2D eigenvalue weighted by Gasteiger charge is 2.32. The number of benzene rings is 1. The number of halogens is 2. The molecule has 1 aromatic carbocycles. The number of carbonyl (C=O) groups excluding carboxylic acids is 2. The van der Waals surface area contributed by atoms with Gasteiger partial charge in [-0.2, -0.15) is 0 Å². The van der Waals surface area contributed by atoms with Gasteiger partial charge in [0.25, 0.3) is 0 Å². The van der Waals surface area contributed by atoms with E-state index in [2.05, 4.69) is 22.6 Å². The molecule has 0 radical (unpaired) electrons. The van der Waals surface area contributed by atoms with Gasteiger partial charge in [0.1, 0.15) is 0 Å². The second-order valence-corrected chi connectivity index (χ2v) is 7.11. The molecule has 1 aliphatic rings. The molecule has 1 aromatic rings.